The van der Waals surface area contributed by atoms with Gasteiger partial charge in [-0.15, -0.1) is 0 Å². The summed E-state index contributed by atoms with van der Waals surface area (Å²) >= 11 is 0. The second-order valence-corrected chi connectivity index (χ2v) is 17.2. The van der Waals surface area contributed by atoms with Gasteiger partial charge in [0.1, 0.15) is 6.10 Å². The molecule has 3 rings (SSSR count). The Bertz CT molecular complexity index is 984. The molecule has 2 aromatic rings. The molecule has 8 nitrogen and oxygen atoms in total. The fourth-order valence-corrected chi connectivity index (χ4v) is 5.47. The molecule has 0 bridgehead atoms. The summed E-state index contributed by atoms with van der Waals surface area (Å²) in [5.74, 6) is 0. The maximum atomic E-state index is 13.1. The number of benzene rings is 1. The van der Waals surface area contributed by atoms with Gasteiger partial charge in [0.15, 0.2) is 6.29 Å². The largest absolute Gasteiger partial charge is 0.384 e. The van der Waals surface area contributed by atoms with Gasteiger partial charge in [-0.25, -0.2) is 13.4 Å². The molecule has 0 aliphatic carbocycles. The van der Waals surface area contributed by atoms with E-state index < -0.39 is 30.1 Å². The number of nitrogens with zero attached hydrogens (tertiary/aromatic N) is 1. The highest BCUT2D eigenvalue weighted by Crippen LogP contribution is 2.28. The average Bonchev–Trinajstić information content (AvgIpc) is 3.22. The predicted octanol–water partition coefficient (Wildman–Crippen LogP) is 4.06. The Balaban J connectivity index is 1.82. The third-order valence-electron chi connectivity index (χ3n) is 5.57. The molecule has 1 aromatic carbocycles. The zero-order chi connectivity index (χ0) is 24.1. The number of imidazole rings is 1. The van der Waals surface area contributed by atoms with E-state index >= 15 is 0 Å². The Labute approximate surface area is 197 Å². The molecule has 1 aromatic heterocycles. The lowest BCUT2D eigenvalue weighted by Crippen LogP contribution is -2.30. The lowest BCUT2D eigenvalue weighted by molar-refractivity contribution is -0.203. The number of rotatable bonds is 11. The van der Waals surface area contributed by atoms with Gasteiger partial charge in [-0.1, -0.05) is 37.8 Å². The SMILES string of the molecule is CC(O[C@H]1CCCCO1)C(O)c1nc(S(=O)(=O)c2ccccc2)[nH]c1COCC[Si](C)(C)C. The summed E-state index contributed by atoms with van der Waals surface area (Å²) < 4.78 is 43.6. The molecule has 2 N–H and O–H groups in total. The molecule has 3 atom stereocenters. The van der Waals surface area contributed by atoms with Crippen molar-refractivity contribution in [3.05, 3.63) is 41.7 Å². The van der Waals surface area contributed by atoms with Crippen LogP contribution in [0.25, 0.3) is 0 Å². The van der Waals surface area contributed by atoms with Gasteiger partial charge in [-0.3, -0.25) is 0 Å². The van der Waals surface area contributed by atoms with Gasteiger partial charge in [0.05, 0.1) is 29.0 Å². The second kappa shape index (κ2) is 11.2. The van der Waals surface area contributed by atoms with Crippen molar-refractivity contribution in [2.24, 2.45) is 0 Å². The number of aliphatic hydroxyl groups excluding tert-OH is 1. The quantitative estimate of drug-likeness (QED) is 0.356. The minimum absolute atomic E-state index is 0.126. The minimum atomic E-state index is -3.87. The summed E-state index contributed by atoms with van der Waals surface area (Å²) in [6.45, 7) is 9.84. The third kappa shape index (κ3) is 7.21. The molecule has 33 heavy (non-hydrogen) atoms. The van der Waals surface area contributed by atoms with E-state index in [1.165, 1.54) is 12.1 Å². The van der Waals surface area contributed by atoms with Crippen LogP contribution < -0.4 is 0 Å². The van der Waals surface area contributed by atoms with E-state index in [1.807, 2.05) is 0 Å². The van der Waals surface area contributed by atoms with Gasteiger partial charge in [0, 0.05) is 21.3 Å². The molecular weight excluding hydrogens is 460 g/mol. The molecule has 2 unspecified atom stereocenters. The summed E-state index contributed by atoms with van der Waals surface area (Å²) in [6.07, 6.45) is 0.608. The molecule has 2 heterocycles. The molecular formula is C23H36N2O6SSi. The van der Waals surface area contributed by atoms with E-state index in [0.717, 1.165) is 25.3 Å². The lowest BCUT2D eigenvalue weighted by atomic mass is 10.1. The molecule has 1 aliphatic rings. The molecule has 1 aliphatic heterocycles. The number of hydrogen-bond acceptors (Lipinski definition) is 7. The van der Waals surface area contributed by atoms with Crippen molar-refractivity contribution in [2.45, 2.75) is 87.0 Å². The van der Waals surface area contributed by atoms with E-state index in [1.54, 1.807) is 25.1 Å². The van der Waals surface area contributed by atoms with Crippen LogP contribution in [0, 0.1) is 0 Å². The number of aromatic amines is 1. The number of hydrogen-bond donors (Lipinski definition) is 2. The van der Waals surface area contributed by atoms with Crippen molar-refractivity contribution in [3.63, 3.8) is 0 Å². The highest BCUT2D eigenvalue weighted by atomic mass is 32.2. The van der Waals surface area contributed by atoms with Crippen LogP contribution in [-0.4, -0.2) is 57.2 Å². The number of ether oxygens (including phenoxy) is 3. The first-order valence-corrected chi connectivity index (χ1v) is 16.7. The number of aliphatic hydroxyl groups is 1. The highest BCUT2D eigenvalue weighted by molar-refractivity contribution is 7.91. The molecule has 1 saturated heterocycles. The van der Waals surface area contributed by atoms with Gasteiger partial charge in [0.2, 0.25) is 15.0 Å². The summed E-state index contributed by atoms with van der Waals surface area (Å²) in [5.41, 5.74) is 0.661. The normalized spacial score (nSPS) is 19.4. The predicted molar refractivity (Wildman–Crippen MR) is 127 cm³/mol. The topological polar surface area (TPSA) is 111 Å². The first-order valence-electron chi connectivity index (χ1n) is 11.5. The molecule has 10 heteroatoms. The summed E-state index contributed by atoms with van der Waals surface area (Å²) in [5, 5.41) is 10.8. The average molecular weight is 497 g/mol. The minimum Gasteiger partial charge on any atom is -0.384 e. The maximum Gasteiger partial charge on any atom is 0.239 e. The highest BCUT2D eigenvalue weighted by Gasteiger charge is 2.31. The second-order valence-electron chi connectivity index (χ2n) is 9.67. The van der Waals surface area contributed by atoms with Crippen molar-refractivity contribution in [1.29, 1.82) is 0 Å². The maximum absolute atomic E-state index is 13.1. The molecule has 0 spiro atoms. The molecule has 0 amide bonds. The van der Waals surface area contributed by atoms with Crippen molar-refractivity contribution < 1.29 is 27.7 Å². The van der Waals surface area contributed by atoms with Crippen LogP contribution in [0.2, 0.25) is 25.7 Å². The Morgan fingerprint density at radius 2 is 1.97 bits per heavy atom. The zero-order valence-electron chi connectivity index (χ0n) is 19.9. The smallest absolute Gasteiger partial charge is 0.239 e. The third-order valence-corrected chi connectivity index (χ3v) is 8.87. The number of aromatic nitrogens is 2. The number of nitrogens with one attached hydrogen (secondary N) is 1. The van der Waals surface area contributed by atoms with Gasteiger partial charge < -0.3 is 24.3 Å². The zero-order valence-corrected chi connectivity index (χ0v) is 21.7. The van der Waals surface area contributed by atoms with Crippen LogP contribution in [-0.2, 0) is 30.7 Å². The fraction of sp³-hybridized carbons (Fsp3) is 0.609. The van der Waals surface area contributed by atoms with Crippen LogP contribution >= 0.6 is 0 Å². The van der Waals surface area contributed by atoms with Crippen LogP contribution in [0.15, 0.2) is 40.4 Å². The Kier molecular flexibility index (Phi) is 8.87. The van der Waals surface area contributed by atoms with Crippen LogP contribution in [0.3, 0.4) is 0 Å². The van der Waals surface area contributed by atoms with E-state index in [4.69, 9.17) is 14.2 Å². The first-order chi connectivity index (χ1) is 15.6. The standard InChI is InChI=1S/C23H36N2O6SSi/c1-17(31-20-12-8-9-13-30-20)22(26)21-19(16-29-14-15-33(2,3)4)24-23(25-21)32(27,28)18-10-6-5-7-11-18/h5-7,10-11,17,20,22,26H,8-9,12-16H2,1-4H3,(H,24,25)/t17?,20-,22?/m0/s1. The monoisotopic (exact) mass is 496 g/mol. The van der Waals surface area contributed by atoms with Crippen molar-refractivity contribution >= 4 is 17.9 Å². The van der Waals surface area contributed by atoms with Crippen LogP contribution in [0.1, 0.15) is 43.7 Å². The Morgan fingerprint density at radius 1 is 1.24 bits per heavy atom. The van der Waals surface area contributed by atoms with Crippen molar-refractivity contribution in [1.82, 2.24) is 9.97 Å². The van der Waals surface area contributed by atoms with E-state index in [-0.39, 0.29) is 28.6 Å². The molecule has 0 saturated carbocycles. The fourth-order valence-electron chi connectivity index (χ4n) is 3.50. The van der Waals surface area contributed by atoms with Crippen LogP contribution in [0.4, 0.5) is 0 Å². The van der Waals surface area contributed by atoms with Gasteiger partial charge in [-0.05, 0) is 44.4 Å². The van der Waals surface area contributed by atoms with Crippen molar-refractivity contribution in [3.8, 4) is 0 Å². The van der Waals surface area contributed by atoms with E-state index in [9.17, 15) is 13.5 Å². The number of sulfone groups is 1. The molecule has 1 fully saturated rings. The number of H-pyrrole nitrogens is 1. The lowest BCUT2D eigenvalue weighted by Gasteiger charge is -2.28. The summed E-state index contributed by atoms with van der Waals surface area (Å²) in [4.78, 5) is 7.34. The van der Waals surface area contributed by atoms with E-state index in [0.29, 0.717) is 18.9 Å². The molecule has 0 radical (unpaired) electrons. The first kappa shape index (κ1) is 26.0. The Hall–Kier alpha value is -1.56. The van der Waals surface area contributed by atoms with Crippen LogP contribution in [0.5, 0.6) is 0 Å². The van der Waals surface area contributed by atoms with Gasteiger partial charge >= 0.3 is 0 Å². The summed E-state index contributed by atoms with van der Waals surface area (Å²) in [7, 11) is -5.15. The molecule has 184 valence electrons. The van der Waals surface area contributed by atoms with Crippen molar-refractivity contribution in [2.75, 3.05) is 13.2 Å². The Morgan fingerprint density at radius 3 is 2.61 bits per heavy atom. The summed E-state index contributed by atoms with van der Waals surface area (Å²) in [6, 6.07) is 9.08. The van der Waals surface area contributed by atoms with E-state index in [2.05, 4.69) is 29.6 Å². The van der Waals surface area contributed by atoms with Gasteiger partial charge in [0.25, 0.3) is 0 Å². The van der Waals surface area contributed by atoms with Gasteiger partial charge in [-0.2, -0.15) is 0 Å².